The van der Waals surface area contributed by atoms with E-state index in [0.717, 1.165) is 55.5 Å². The summed E-state index contributed by atoms with van der Waals surface area (Å²) in [6.07, 6.45) is -2.58. The molecule has 7 rings (SSSR count). The van der Waals surface area contributed by atoms with Crippen molar-refractivity contribution in [2.75, 3.05) is 56.6 Å². The molecule has 0 saturated carbocycles. The minimum absolute atomic E-state index is 0.00273. The molecule has 15 heteroatoms. The van der Waals surface area contributed by atoms with Crippen LogP contribution in [-0.2, 0) is 6.18 Å². The second-order valence-electron chi connectivity index (χ2n) is 13.6. The Balaban J connectivity index is 1.42. The number of nitrogens with zero attached hydrogens (tertiary/aromatic N) is 5. The molecule has 4 atom stereocenters. The first-order chi connectivity index (χ1) is 23.3. The minimum Gasteiger partial charge on any atom is -0.463 e. The maximum absolute atomic E-state index is 17.0. The van der Waals surface area contributed by atoms with Gasteiger partial charge in [0, 0.05) is 58.2 Å². The lowest BCUT2D eigenvalue weighted by Gasteiger charge is -2.44. The van der Waals surface area contributed by atoms with E-state index in [2.05, 4.69) is 20.2 Å². The van der Waals surface area contributed by atoms with Crippen molar-refractivity contribution in [1.29, 1.82) is 5.26 Å². The Kier molecular flexibility index (Phi) is 8.56. The highest BCUT2D eigenvalue weighted by molar-refractivity contribution is 7.23. The standard InChI is InChI=1S/C34H35F6N7OS/c1-3-46-9-8-17(11-35)33(2,15-46)16-48-32-44-29-20(31(45-32)47-13-18-4-5-19(14-47)43-18)10-23(36)27(28(29)37)26-22(34(38,39)40)6-7-24-25(26)21(12-41)30(42)49-24/h6-7,10,17-19,43H,3-5,8-9,11,13-16,42H2,1-2H3/t17-,18-,19+,33+/m1/s1. The number of fused-ring (bicyclic) bond motifs is 4. The summed E-state index contributed by atoms with van der Waals surface area (Å²) >= 11 is 0.855. The van der Waals surface area contributed by atoms with Gasteiger partial charge in [-0.15, -0.1) is 11.3 Å². The van der Waals surface area contributed by atoms with Gasteiger partial charge in [-0.2, -0.15) is 28.4 Å². The lowest BCUT2D eigenvalue weighted by Crippen LogP contribution is -2.51. The molecule has 3 aliphatic heterocycles. The summed E-state index contributed by atoms with van der Waals surface area (Å²) in [6.45, 7) is 6.43. The fraction of sp³-hybridized carbons (Fsp3) is 0.500. The Labute approximate surface area is 282 Å². The van der Waals surface area contributed by atoms with Crippen molar-refractivity contribution in [3.63, 3.8) is 0 Å². The third kappa shape index (κ3) is 5.81. The van der Waals surface area contributed by atoms with E-state index in [4.69, 9.17) is 10.5 Å². The molecule has 2 bridgehead atoms. The van der Waals surface area contributed by atoms with Crippen LogP contribution >= 0.6 is 11.3 Å². The average molecular weight is 704 g/mol. The van der Waals surface area contributed by atoms with E-state index >= 15 is 8.78 Å². The van der Waals surface area contributed by atoms with Gasteiger partial charge in [0.1, 0.15) is 28.2 Å². The lowest BCUT2D eigenvalue weighted by atomic mass is 9.73. The summed E-state index contributed by atoms with van der Waals surface area (Å²) in [7, 11) is 0. The maximum atomic E-state index is 17.0. The van der Waals surface area contributed by atoms with Gasteiger partial charge in [-0.25, -0.2) is 8.78 Å². The normalized spacial score (nSPS) is 24.6. The van der Waals surface area contributed by atoms with Gasteiger partial charge < -0.3 is 25.6 Å². The summed E-state index contributed by atoms with van der Waals surface area (Å²) in [5.41, 5.74) is 1.49. The van der Waals surface area contributed by atoms with Gasteiger partial charge in [0.15, 0.2) is 5.82 Å². The second kappa shape index (κ2) is 12.5. The van der Waals surface area contributed by atoms with Gasteiger partial charge in [0.2, 0.25) is 0 Å². The number of piperazine rings is 1. The topological polar surface area (TPSA) is 103 Å². The third-order valence-electron chi connectivity index (χ3n) is 10.4. The van der Waals surface area contributed by atoms with Crippen molar-refractivity contribution < 1.29 is 31.1 Å². The van der Waals surface area contributed by atoms with Gasteiger partial charge in [-0.1, -0.05) is 13.8 Å². The van der Waals surface area contributed by atoms with E-state index in [1.165, 1.54) is 0 Å². The van der Waals surface area contributed by atoms with Crippen LogP contribution in [0.2, 0.25) is 0 Å². The molecule has 3 aliphatic rings. The van der Waals surface area contributed by atoms with Crippen molar-refractivity contribution >= 4 is 43.1 Å². The smallest absolute Gasteiger partial charge is 0.417 e. The molecule has 5 heterocycles. The highest BCUT2D eigenvalue weighted by Crippen LogP contribution is 2.49. The number of benzene rings is 2. The Morgan fingerprint density at radius 2 is 1.88 bits per heavy atom. The van der Waals surface area contributed by atoms with Gasteiger partial charge >= 0.3 is 12.2 Å². The zero-order valence-corrected chi connectivity index (χ0v) is 27.7. The summed E-state index contributed by atoms with van der Waals surface area (Å²) in [6, 6.07) is 4.64. The number of likely N-dealkylation sites (tertiary alicyclic amines) is 1. The van der Waals surface area contributed by atoms with Crippen LogP contribution in [0.25, 0.3) is 32.1 Å². The number of piperidine rings is 1. The van der Waals surface area contributed by atoms with Gasteiger partial charge in [0.05, 0.1) is 30.0 Å². The monoisotopic (exact) mass is 703 g/mol. The summed E-state index contributed by atoms with van der Waals surface area (Å²) in [4.78, 5) is 13.1. The number of nitrogens with one attached hydrogen (secondary N) is 1. The molecule has 260 valence electrons. The molecule has 2 aromatic carbocycles. The fourth-order valence-electron chi connectivity index (χ4n) is 7.81. The number of rotatable bonds is 7. The summed E-state index contributed by atoms with van der Waals surface area (Å²) in [5, 5.41) is 13.0. The Hall–Kier alpha value is -3.87. The number of hydrogen-bond acceptors (Lipinski definition) is 9. The molecule has 0 unspecified atom stereocenters. The Bertz CT molecular complexity index is 1970. The van der Waals surface area contributed by atoms with Crippen molar-refractivity contribution in [2.24, 2.45) is 11.3 Å². The van der Waals surface area contributed by atoms with E-state index in [0.29, 0.717) is 26.1 Å². The fourth-order valence-corrected chi connectivity index (χ4v) is 8.74. The predicted molar refractivity (Wildman–Crippen MR) is 176 cm³/mol. The molecule has 0 radical (unpaired) electrons. The number of halogens is 6. The first-order valence-corrected chi connectivity index (χ1v) is 17.1. The number of thiophene rings is 1. The Morgan fingerprint density at radius 3 is 2.53 bits per heavy atom. The molecule has 8 nitrogen and oxygen atoms in total. The molecule has 0 spiro atoms. The van der Waals surface area contributed by atoms with E-state index in [1.807, 2.05) is 24.8 Å². The molecular formula is C34H35F6N7OS. The van der Waals surface area contributed by atoms with Crippen LogP contribution in [0, 0.1) is 34.3 Å². The SMILES string of the molecule is CCN1CC[C@H](CF)[C@](C)(COc2nc(N3C[C@H]4CC[C@@H](C3)N4)c3cc(F)c(-c4c(C(F)(F)F)ccc5sc(N)c(C#N)c45)c(F)c3n2)C1. The summed E-state index contributed by atoms with van der Waals surface area (Å²) in [5.74, 6) is -2.73. The molecule has 2 aromatic heterocycles. The van der Waals surface area contributed by atoms with Gasteiger partial charge in [0.25, 0.3) is 0 Å². The van der Waals surface area contributed by atoms with Crippen molar-refractivity contribution in [2.45, 2.75) is 51.4 Å². The van der Waals surface area contributed by atoms with Crippen LogP contribution in [-0.4, -0.2) is 73.0 Å². The molecule has 3 fully saturated rings. The number of nitriles is 1. The summed E-state index contributed by atoms with van der Waals surface area (Å²) < 4.78 is 97.4. The van der Waals surface area contributed by atoms with E-state index < -0.39 is 52.1 Å². The maximum Gasteiger partial charge on any atom is 0.417 e. The van der Waals surface area contributed by atoms with Crippen molar-refractivity contribution in [1.82, 2.24) is 20.2 Å². The molecule has 3 N–H and O–H groups in total. The van der Waals surface area contributed by atoms with E-state index in [-0.39, 0.29) is 62.5 Å². The molecule has 3 saturated heterocycles. The van der Waals surface area contributed by atoms with Crippen LogP contribution in [0.3, 0.4) is 0 Å². The first-order valence-electron chi connectivity index (χ1n) is 16.3. The predicted octanol–water partition coefficient (Wildman–Crippen LogP) is 6.90. The zero-order valence-electron chi connectivity index (χ0n) is 26.9. The quantitative estimate of drug-likeness (QED) is 0.201. The molecule has 0 amide bonds. The number of hydrogen-bond donors (Lipinski definition) is 2. The number of ether oxygens (including phenoxy) is 1. The highest BCUT2D eigenvalue weighted by Gasteiger charge is 2.42. The number of alkyl halides is 4. The van der Waals surface area contributed by atoms with Crippen LogP contribution in [0.5, 0.6) is 6.01 Å². The second-order valence-corrected chi connectivity index (χ2v) is 14.7. The number of nitrogens with two attached hydrogens (primary N) is 1. The number of aromatic nitrogens is 2. The van der Waals surface area contributed by atoms with Crippen molar-refractivity contribution in [3.05, 3.63) is 41.0 Å². The molecule has 0 aliphatic carbocycles. The molecular weight excluding hydrogens is 668 g/mol. The minimum atomic E-state index is -5.03. The van der Waals surface area contributed by atoms with Gasteiger partial charge in [-0.3, -0.25) is 4.39 Å². The van der Waals surface area contributed by atoms with Crippen LogP contribution in [0.4, 0.5) is 37.2 Å². The molecule has 4 aromatic rings. The largest absolute Gasteiger partial charge is 0.463 e. The Morgan fingerprint density at radius 1 is 1.14 bits per heavy atom. The van der Waals surface area contributed by atoms with E-state index in [1.54, 1.807) is 0 Å². The highest BCUT2D eigenvalue weighted by atomic mass is 32.1. The lowest BCUT2D eigenvalue weighted by molar-refractivity contribution is -0.137. The van der Waals surface area contributed by atoms with Gasteiger partial charge in [-0.05, 0) is 56.5 Å². The van der Waals surface area contributed by atoms with Crippen LogP contribution in [0.15, 0.2) is 18.2 Å². The number of anilines is 2. The van der Waals surface area contributed by atoms with Crippen LogP contribution in [0.1, 0.15) is 44.2 Å². The number of nitrogen functional groups attached to an aromatic ring is 1. The first kappa shape index (κ1) is 33.6. The van der Waals surface area contributed by atoms with Crippen molar-refractivity contribution in [3.8, 4) is 23.2 Å². The van der Waals surface area contributed by atoms with E-state index in [9.17, 15) is 22.8 Å². The van der Waals surface area contributed by atoms with Crippen LogP contribution < -0.4 is 20.7 Å². The third-order valence-corrected chi connectivity index (χ3v) is 11.4. The molecule has 49 heavy (non-hydrogen) atoms. The zero-order chi connectivity index (χ0) is 34.8. The average Bonchev–Trinajstić information content (AvgIpc) is 3.58.